The molecule has 0 aliphatic heterocycles. The van der Waals surface area contributed by atoms with Gasteiger partial charge in [0.25, 0.3) is 0 Å². The Morgan fingerprint density at radius 1 is 1.33 bits per heavy atom. The summed E-state index contributed by atoms with van der Waals surface area (Å²) in [5.74, 6) is -3.28. The van der Waals surface area contributed by atoms with Crippen LogP contribution < -0.4 is 0 Å². The van der Waals surface area contributed by atoms with Crippen molar-refractivity contribution < 1.29 is 26.7 Å². The smallest absolute Gasteiger partial charge is 0.306 e. The Labute approximate surface area is 103 Å². The van der Waals surface area contributed by atoms with Crippen LogP contribution in [0, 0.1) is 11.6 Å². The number of carbonyl (C=O) groups excluding carboxylic acids is 1. The fourth-order valence-corrected chi connectivity index (χ4v) is 2.57. The summed E-state index contributed by atoms with van der Waals surface area (Å²) < 4.78 is 53.9. The lowest BCUT2D eigenvalue weighted by atomic mass is 10.3. The summed E-state index contributed by atoms with van der Waals surface area (Å²) in [6, 6.07) is 2.17. The van der Waals surface area contributed by atoms with E-state index in [1.54, 1.807) is 6.92 Å². The second kappa shape index (κ2) is 5.90. The summed E-state index contributed by atoms with van der Waals surface area (Å²) in [6.45, 7) is 1.73. The van der Waals surface area contributed by atoms with Gasteiger partial charge in [-0.2, -0.15) is 0 Å². The van der Waals surface area contributed by atoms with Gasteiger partial charge in [-0.05, 0) is 19.1 Å². The van der Waals surface area contributed by atoms with Crippen molar-refractivity contribution in [3.63, 3.8) is 0 Å². The molecule has 1 aromatic carbocycles. The van der Waals surface area contributed by atoms with Gasteiger partial charge < -0.3 is 4.74 Å². The third-order valence-corrected chi connectivity index (χ3v) is 3.85. The van der Waals surface area contributed by atoms with Crippen molar-refractivity contribution in [2.45, 2.75) is 18.2 Å². The van der Waals surface area contributed by atoms with Crippen LogP contribution in [0.2, 0.25) is 0 Å². The first-order chi connectivity index (χ1) is 8.36. The highest BCUT2D eigenvalue weighted by Crippen LogP contribution is 2.17. The Bertz CT molecular complexity index is 540. The third kappa shape index (κ3) is 3.76. The molecule has 0 saturated heterocycles. The molecule has 4 nitrogen and oxygen atoms in total. The number of hydrogen-bond donors (Lipinski definition) is 0. The van der Waals surface area contributed by atoms with E-state index in [4.69, 9.17) is 0 Å². The van der Waals surface area contributed by atoms with Gasteiger partial charge in [0.05, 0.1) is 18.8 Å². The number of carbonyl (C=O) groups is 1. The fraction of sp³-hybridized carbons (Fsp3) is 0.364. The molecule has 0 spiro atoms. The summed E-state index contributed by atoms with van der Waals surface area (Å²) >= 11 is 0. The lowest BCUT2D eigenvalue weighted by Gasteiger charge is -2.05. The van der Waals surface area contributed by atoms with Crippen molar-refractivity contribution in [3.05, 3.63) is 29.8 Å². The van der Waals surface area contributed by atoms with Crippen molar-refractivity contribution >= 4 is 15.8 Å². The van der Waals surface area contributed by atoms with E-state index in [0.29, 0.717) is 6.07 Å². The molecule has 7 heteroatoms. The van der Waals surface area contributed by atoms with Gasteiger partial charge in [-0.25, -0.2) is 17.2 Å². The van der Waals surface area contributed by atoms with E-state index in [1.807, 2.05) is 0 Å². The predicted molar refractivity (Wildman–Crippen MR) is 59.7 cm³/mol. The largest absolute Gasteiger partial charge is 0.466 e. The van der Waals surface area contributed by atoms with Gasteiger partial charge in [-0.3, -0.25) is 4.79 Å². The summed E-state index contributed by atoms with van der Waals surface area (Å²) in [4.78, 5) is 10.4. The van der Waals surface area contributed by atoms with E-state index >= 15 is 0 Å². The van der Waals surface area contributed by atoms with Crippen molar-refractivity contribution in [2.24, 2.45) is 0 Å². The van der Waals surface area contributed by atoms with Crippen LogP contribution in [0.15, 0.2) is 23.1 Å². The highest BCUT2D eigenvalue weighted by molar-refractivity contribution is 7.91. The second-order valence-corrected chi connectivity index (χ2v) is 5.53. The molecule has 0 fully saturated rings. The number of esters is 1. The maximum atomic E-state index is 13.3. The first kappa shape index (κ1) is 14.6. The molecule has 0 atom stereocenters. The van der Waals surface area contributed by atoms with Crippen molar-refractivity contribution in [2.75, 3.05) is 12.4 Å². The van der Waals surface area contributed by atoms with Crippen molar-refractivity contribution in [1.29, 1.82) is 0 Å². The molecule has 1 rings (SSSR count). The Morgan fingerprint density at radius 2 is 2.00 bits per heavy atom. The van der Waals surface area contributed by atoms with Gasteiger partial charge in [-0.1, -0.05) is 0 Å². The molecule has 1 aromatic rings. The normalized spacial score (nSPS) is 11.3. The number of halogens is 2. The van der Waals surface area contributed by atoms with Crippen LogP contribution in [0.1, 0.15) is 13.3 Å². The zero-order valence-electron chi connectivity index (χ0n) is 9.65. The minimum Gasteiger partial charge on any atom is -0.466 e. The van der Waals surface area contributed by atoms with Crippen molar-refractivity contribution in [1.82, 2.24) is 0 Å². The molecule has 100 valence electrons. The predicted octanol–water partition coefficient (Wildman–Crippen LogP) is 1.69. The summed E-state index contributed by atoms with van der Waals surface area (Å²) in [5.41, 5.74) is 0. The Kier molecular flexibility index (Phi) is 4.77. The van der Waals surface area contributed by atoms with Crippen LogP contribution in [-0.2, 0) is 19.4 Å². The molecule has 18 heavy (non-hydrogen) atoms. The average molecular weight is 278 g/mol. The molecule has 0 aliphatic rings. The SMILES string of the molecule is CCOC(=O)CCS(=O)(=O)c1ccc(F)cc1F. The molecule has 0 amide bonds. The van der Waals surface area contributed by atoms with Crippen LogP contribution in [0.4, 0.5) is 8.78 Å². The zero-order chi connectivity index (χ0) is 13.8. The van der Waals surface area contributed by atoms with E-state index in [2.05, 4.69) is 4.74 Å². The molecule has 0 bridgehead atoms. The minimum atomic E-state index is -3.96. The molecule has 0 unspecified atom stereocenters. The molecule has 0 aliphatic carbocycles. The number of ether oxygens (including phenoxy) is 1. The van der Waals surface area contributed by atoms with E-state index < -0.39 is 38.1 Å². The lowest BCUT2D eigenvalue weighted by molar-refractivity contribution is -0.142. The lowest BCUT2D eigenvalue weighted by Crippen LogP contribution is -2.14. The number of benzene rings is 1. The first-order valence-corrected chi connectivity index (χ1v) is 6.85. The molecule has 0 saturated carbocycles. The highest BCUT2D eigenvalue weighted by Gasteiger charge is 2.21. The quantitative estimate of drug-likeness (QED) is 0.607. The van der Waals surface area contributed by atoms with Gasteiger partial charge in [-0.15, -0.1) is 0 Å². The van der Waals surface area contributed by atoms with Gasteiger partial charge in [0, 0.05) is 6.07 Å². The van der Waals surface area contributed by atoms with Crippen LogP contribution in [0.5, 0.6) is 0 Å². The maximum absolute atomic E-state index is 13.3. The molecule has 0 N–H and O–H groups in total. The van der Waals surface area contributed by atoms with Crippen molar-refractivity contribution in [3.8, 4) is 0 Å². The van der Waals surface area contributed by atoms with Gasteiger partial charge >= 0.3 is 5.97 Å². The van der Waals surface area contributed by atoms with E-state index in [9.17, 15) is 22.0 Å². The summed E-state index contributed by atoms with van der Waals surface area (Å²) in [7, 11) is -3.96. The minimum absolute atomic E-state index is 0.143. The second-order valence-electron chi connectivity index (χ2n) is 3.45. The standard InChI is InChI=1S/C11H12F2O4S/c1-2-17-11(14)5-6-18(15,16)10-4-3-8(12)7-9(10)13/h3-4,7H,2,5-6H2,1H3. The molecular formula is C11H12F2O4S. The number of sulfone groups is 1. The van der Waals surface area contributed by atoms with E-state index in [1.165, 1.54) is 0 Å². The molecule has 0 aromatic heterocycles. The number of hydrogen-bond acceptors (Lipinski definition) is 4. The third-order valence-electron chi connectivity index (χ3n) is 2.11. The Hall–Kier alpha value is -1.50. The van der Waals surface area contributed by atoms with Gasteiger partial charge in [0.1, 0.15) is 16.5 Å². The molecule has 0 heterocycles. The van der Waals surface area contributed by atoms with Crippen LogP contribution >= 0.6 is 0 Å². The van der Waals surface area contributed by atoms with Crippen LogP contribution in [-0.4, -0.2) is 26.7 Å². The monoisotopic (exact) mass is 278 g/mol. The van der Waals surface area contributed by atoms with Crippen LogP contribution in [0.3, 0.4) is 0 Å². The number of rotatable bonds is 5. The van der Waals surface area contributed by atoms with Gasteiger partial charge in [0.2, 0.25) is 0 Å². The topological polar surface area (TPSA) is 60.4 Å². The maximum Gasteiger partial charge on any atom is 0.306 e. The molecule has 0 radical (unpaired) electrons. The highest BCUT2D eigenvalue weighted by atomic mass is 32.2. The van der Waals surface area contributed by atoms with Crippen LogP contribution in [0.25, 0.3) is 0 Å². The first-order valence-electron chi connectivity index (χ1n) is 5.20. The molecular weight excluding hydrogens is 266 g/mol. The van der Waals surface area contributed by atoms with E-state index in [0.717, 1.165) is 12.1 Å². The zero-order valence-corrected chi connectivity index (χ0v) is 10.5. The summed E-state index contributed by atoms with van der Waals surface area (Å²) in [5, 5.41) is 0. The van der Waals surface area contributed by atoms with E-state index in [-0.39, 0.29) is 13.0 Å². The average Bonchev–Trinajstić information content (AvgIpc) is 2.26. The van der Waals surface area contributed by atoms with Gasteiger partial charge in [0.15, 0.2) is 9.84 Å². The fourth-order valence-electron chi connectivity index (χ4n) is 1.29. The summed E-state index contributed by atoms with van der Waals surface area (Å²) in [6.07, 6.45) is -0.368. The Balaban J connectivity index is 2.83. The Morgan fingerprint density at radius 3 is 2.56 bits per heavy atom.